The van der Waals surface area contributed by atoms with Crippen molar-refractivity contribution >= 4 is 0 Å². The predicted octanol–water partition coefficient (Wildman–Crippen LogP) is 3.78. The van der Waals surface area contributed by atoms with Crippen LogP contribution in [-0.4, -0.2) is 10.7 Å². The van der Waals surface area contributed by atoms with Crippen LogP contribution in [0.25, 0.3) is 0 Å². The lowest BCUT2D eigenvalue weighted by Crippen LogP contribution is -2.31. The van der Waals surface area contributed by atoms with Crippen LogP contribution in [0, 0.1) is 0 Å². The van der Waals surface area contributed by atoms with Gasteiger partial charge >= 0.3 is 0 Å². The van der Waals surface area contributed by atoms with E-state index in [-0.39, 0.29) is 0 Å². The molecule has 2 rings (SSSR count). The van der Waals surface area contributed by atoms with E-state index in [1.807, 2.05) is 55.5 Å². The van der Waals surface area contributed by atoms with Gasteiger partial charge in [0.1, 0.15) is 0 Å². The number of allylic oxidation sites excluding steroid dienone is 1. The molecule has 0 atom stereocenters. The van der Waals surface area contributed by atoms with Crippen LogP contribution in [0.4, 0.5) is 0 Å². The Bertz CT molecular complexity index is 472. The molecule has 1 heteroatoms. The molecule has 19 heavy (non-hydrogen) atoms. The van der Waals surface area contributed by atoms with Crippen molar-refractivity contribution in [2.75, 3.05) is 0 Å². The number of aliphatic hydroxyl groups is 1. The number of benzene rings is 2. The highest BCUT2D eigenvalue weighted by molar-refractivity contribution is 5.24. The van der Waals surface area contributed by atoms with E-state index in [1.165, 1.54) is 0 Å². The molecule has 0 saturated carbocycles. The van der Waals surface area contributed by atoms with Crippen LogP contribution in [0.2, 0.25) is 0 Å². The second kappa shape index (κ2) is 6.35. The van der Waals surface area contributed by atoms with Crippen LogP contribution in [0.5, 0.6) is 0 Å². The molecule has 1 N–H and O–H groups in total. The second-order valence-corrected chi connectivity index (χ2v) is 4.93. The maximum absolute atomic E-state index is 10.8. The quantitative estimate of drug-likeness (QED) is 0.803. The largest absolute Gasteiger partial charge is 0.385 e. The standard InChI is InChI=1S/C18H20O/c1-2-13-18(19,14-16-9-5-3-6-10-16)15-17-11-7-4-8-12-17/h2-13,19H,14-15H2,1H3/b13-2+. The summed E-state index contributed by atoms with van der Waals surface area (Å²) in [4.78, 5) is 0. The zero-order chi connectivity index (χ0) is 13.6. The van der Waals surface area contributed by atoms with Gasteiger partial charge in [0, 0.05) is 12.8 Å². The number of hydrogen-bond acceptors (Lipinski definition) is 1. The van der Waals surface area contributed by atoms with E-state index in [0.717, 1.165) is 11.1 Å². The second-order valence-electron chi connectivity index (χ2n) is 4.93. The maximum atomic E-state index is 10.8. The molecule has 1 nitrogen and oxygen atoms in total. The first-order valence-electron chi connectivity index (χ1n) is 6.66. The van der Waals surface area contributed by atoms with Crippen LogP contribution in [0.1, 0.15) is 18.1 Å². The summed E-state index contributed by atoms with van der Waals surface area (Å²) in [6, 6.07) is 20.2. The zero-order valence-electron chi connectivity index (χ0n) is 11.3. The van der Waals surface area contributed by atoms with Gasteiger partial charge in [0.05, 0.1) is 5.60 Å². The smallest absolute Gasteiger partial charge is 0.0907 e. The molecule has 0 aromatic heterocycles. The summed E-state index contributed by atoms with van der Waals surface area (Å²) >= 11 is 0. The molecule has 0 bridgehead atoms. The van der Waals surface area contributed by atoms with Gasteiger partial charge < -0.3 is 5.11 Å². The maximum Gasteiger partial charge on any atom is 0.0907 e. The first-order chi connectivity index (χ1) is 9.22. The fourth-order valence-electron chi connectivity index (χ4n) is 2.39. The van der Waals surface area contributed by atoms with Gasteiger partial charge in [-0.1, -0.05) is 72.8 Å². The molecule has 0 spiro atoms. The molecule has 0 heterocycles. The average Bonchev–Trinajstić information content (AvgIpc) is 2.41. The van der Waals surface area contributed by atoms with Gasteiger partial charge in [0.15, 0.2) is 0 Å². The summed E-state index contributed by atoms with van der Waals surface area (Å²) in [5.74, 6) is 0. The highest BCUT2D eigenvalue weighted by Gasteiger charge is 2.24. The summed E-state index contributed by atoms with van der Waals surface area (Å²) in [7, 11) is 0. The first kappa shape index (κ1) is 13.6. The van der Waals surface area contributed by atoms with Crippen molar-refractivity contribution in [3.8, 4) is 0 Å². The molecule has 0 aliphatic rings. The fraction of sp³-hybridized carbons (Fsp3) is 0.222. The van der Waals surface area contributed by atoms with Crippen LogP contribution >= 0.6 is 0 Å². The molecule has 0 fully saturated rings. The summed E-state index contributed by atoms with van der Waals surface area (Å²) in [5.41, 5.74) is 1.48. The van der Waals surface area contributed by atoms with Gasteiger partial charge in [-0.2, -0.15) is 0 Å². The summed E-state index contributed by atoms with van der Waals surface area (Å²) in [6.45, 7) is 1.95. The zero-order valence-corrected chi connectivity index (χ0v) is 11.3. The van der Waals surface area contributed by atoms with Crippen molar-refractivity contribution in [1.29, 1.82) is 0 Å². The minimum atomic E-state index is -0.822. The Labute approximate surface area is 115 Å². The Hall–Kier alpha value is -1.86. The Morgan fingerprint density at radius 2 is 1.26 bits per heavy atom. The molecule has 0 radical (unpaired) electrons. The Morgan fingerprint density at radius 3 is 1.63 bits per heavy atom. The summed E-state index contributed by atoms with van der Waals surface area (Å²) < 4.78 is 0. The lowest BCUT2D eigenvalue weighted by atomic mass is 9.87. The monoisotopic (exact) mass is 252 g/mol. The van der Waals surface area contributed by atoms with Crippen molar-refractivity contribution in [1.82, 2.24) is 0 Å². The Kier molecular flexibility index (Phi) is 4.53. The van der Waals surface area contributed by atoms with Crippen molar-refractivity contribution in [3.63, 3.8) is 0 Å². The molecule has 0 unspecified atom stereocenters. The predicted molar refractivity (Wildman–Crippen MR) is 80.1 cm³/mol. The highest BCUT2D eigenvalue weighted by atomic mass is 16.3. The first-order valence-corrected chi connectivity index (χ1v) is 6.66. The van der Waals surface area contributed by atoms with Gasteiger partial charge in [-0.15, -0.1) is 0 Å². The Morgan fingerprint density at radius 1 is 0.842 bits per heavy atom. The molecule has 2 aromatic carbocycles. The molecular weight excluding hydrogens is 232 g/mol. The van der Waals surface area contributed by atoms with Crippen molar-refractivity contribution in [2.24, 2.45) is 0 Å². The molecule has 2 aromatic rings. The number of hydrogen-bond donors (Lipinski definition) is 1. The lowest BCUT2D eigenvalue weighted by Gasteiger charge is -2.25. The van der Waals surface area contributed by atoms with Gasteiger partial charge in [0.2, 0.25) is 0 Å². The van der Waals surface area contributed by atoms with E-state index in [2.05, 4.69) is 24.3 Å². The Balaban J connectivity index is 2.18. The number of rotatable bonds is 5. The van der Waals surface area contributed by atoms with Crippen molar-refractivity contribution in [3.05, 3.63) is 83.9 Å². The van der Waals surface area contributed by atoms with E-state index in [9.17, 15) is 5.11 Å². The molecule has 0 aliphatic carbocycles. The molecule has 0 amide bonds. The molecule has 98 valence electrons. The van der Waals surface area contributed by atoms with Gasteiger partial charge in [-0.05, 0) is 18.1 Å². The minimum absolute atomic E-state index is 0.632. The van der Waals surface area contributed by atoms with E-state index < -0.39 is 5.60 Å². The van der Waals surface area contributed by atoms with Gasteiger partial charge in [0.25, 0.3) is 0 Å². The lowest BCUT2D eigenvalue weighted by molar-refractivity contribution is 0.0916. The van der Waals surface area contributed by atoms with E-state index in [1.54, 1.807) is 0 Å². The van der Waals surface area contributed by atoms with Gasteiger partial charge in [-0.25, -0.2) is 0 Å². The average molecular weight is 252 g/mol. The fourth-order valence-corrected chi connectivity index (χ4v) is 2.39. The van der Waals surface area contributed by atoms with Crippen LogP contribution in [0.15, 0.2) is 72.8 Å². The van der Waals surface area contributed by atoms with Crippen LogP contribution in [0.3, 0.4) is 0 Å². The normalized spacial score (nSPS) is 11.9. The van der Waals surface area contributed by atoms with E-state index in [0.29, 0.717) is 12.8 Å². The third-order valence-electron chi connectivity index (χ3n) is 3.18. The summed E-state index contributed by atoms with van der Waals surface area (Å²) in [6.07, 6.45) is 5.08. The highest BCUT2D eigenvalue weighted by Crippen LogP contribution is 2.21. The molecule has 0 aliphatic heterocycles. The third kappa shape index (κ3) is 4.08. The van der Waals surface area contributed by atoms with Crippen molar-refractivity contribution in [2.45, 2.75) is 25.4 Å². The third-order valence-corrected chi connectivity index (χ3v) is 3.18. The molecular formula is C18H20O. The summed E-state index contributed by atoms with van der Waals surface area (Å²) in [5, 5.41) is 10.8. The minimum Gasteiger partial charge on any atom is -0.385 e. The molecule has 0 saturated heterocycles. The van der Waals surface area contributed by atoms with Crippen LogP contribution < -0.4 is 0 Å². The van der Waals surface area contributed by atoms with Crippen LogP contribution in [-0.2, 0) is 12.8 Å². The van der Waals surface area contributed by atoms with Gasteiger partial charge in [-0.3, -0.25) is 0 Å². The van der Waals surface area contributed by atoms with Crippen molar-refractivity contribution < 1.29 is 5.11 Å². The SMILES string of the molecule is C/C=C/C(O)(Cc1ccccc1)Cc1ccccc1. The van der Waals surface area contributed by atoms with E-state index >= 15 is 0 Å². The topological polar surface area (TPSA) is 20.2 Å². The van der Waals surface area contributed by atoms with E-state index in [4.69, 9.17) is 0 Å².